The number of nitrogens with zero attached hydrogens (tertiary/aromatic N) is 2. The van der Waals surface area contributed by atoms with Gasteiger partial charge in [-0.15, -0.1) is 0 Å². The summed E-state index contributed by atoms with van der Waals surface area (Å²) in [6.07, 6.45) is 0. The lowest BCUT2D eigenvalue weighted by Gasteiger charge is -2.21. The lowest BCUT2D eigenvalue weighted by Crippen LogP contribution is -2.40. The van der Waals surface area contributed by atoms with Crippen molar-refractivity contribution in [3.63, 3.8) is 0 Å². The first-order valence-corrected chi connectivity index (χ1v) is 9.42. The zero-order chi connectivity index (χ0) is 20.1. The van der Waals surface area contributed by atoms with Gasteiger partial charge in [0.05, 0.1) is 19.1 Å². The molecular formula is C15H19BrN2O7S. The van der Waals surface area contributed by atoms with E-state index >= 15 is 0 Å². The molecule has 0 saturated heterocycles. The van der Waals surface area contributed by atoms with Crippen molar-refractivity contribution in [3.05, 3.63) is 28.2 Å². The first-order valence-electron chi connectivity index (χ1n) is 7.19. The molecule has 1 aromatic carbocycles. The molecule has 0 bridgehead atoms. The van der Waals surface area contributed by atoms with Gasteiger partial charge in [-0.25, -0.2) is 12.7 Å². The number of benzene rings is 1. The zero-order valence-corrected chi connectivity index (χ0v) is 17.1. The van der Waals surface area contributed by atoms with Gasteiger partial charge in [0.1, 0.15) is 13.1 Å². The van der Waals surface area contributed by atoms with Crippen LogP contribution in [0.3, 0.4) is 0 Å². The van der Waals surface area contributed by atoms with Crippen LogP contribution in [-0.2, 0) is 29.1 Å². The van der Waals surface area contributed by atoms with E-state index in [-0.39, 0.29) is 14.9 Å². The van der Waals surface area contributed by atoms with Crippen molar-refractivity contribution in [2.45, 2.75) is 4.90 Å². The van der Waals surface area contributed by atoms with E-state index in [2.05, 4.69) is 25.4 Å². The Morgan fingerprint density at radius 1 is 1.04 bits per heavy atom. The van der Waals surface area contributed by atoms with Gasteiger partial charge in [0.2, 0.25) is 10.0 Å². The maximum absolute atomic E-state index is 12.7. The van der Waals surface area contributed by atoms with Gasteiger partial charge in [-0.2, -0.15) is 0 Å². The average molecular weight is 451 g/mol. The molecule has 144 valence electrons. The van der Waals surface area contributed by atoms with Gasteiger partial charge in [-0.3, -0.25) is 14.4 Å². The van der Waals surface area contributed by atoms with Crippen LogP contribution in [0.15, 0.2) is 27.6 Å². The van der Waals surface area contributed by atoms with Crippen molar-refractivity contribution >= 4 is 43.8 Å². The Kier molecular flexibility index (Phi) is 7.72. The molecule has 0 unspecified atom stereocenters. The lowest BCUT2D eigenvalue weighted by atomic mass is 10.2. The summed E-state index contributed by atoms with van der Waals surface area (Å²) in [4.78, 5) is 36.5. The number of hydrogen-bond acceptors (Lipinski definition) is 7. The standard InChI is InChI=1S/C15H19BrN2O7S/c1-17(2)26(22,23)12-7-10(5-6-11(12)16)15(21)18(8-13(19)24-3)9-14(20)25-4/h5-7H,8-9H2,1-4H3. The van der Waals surface area contributed by atoms with Gasteiger partial charge in [0, 0.05) is 24.1 Å². The van der Waals surface area contributed by atoms with Crippen molar-refractivity contribution in [2.24, 2.45) is 0 Å². The normalized spacial score (nSPS) is 11.2. The number of halogens is 1. The highest BCUT2D eigenvalue weighted by molar-refractivity contribution is 9.10. The van der Waals surface area contributed by atoms with Crippen LogP contribution in [0.4, 0.5) is 0 Å². The van der Waals surface area contributed by atoms with Crippen molar-refractivity contribution in [1.82, 2.24) is 9.21 Å². The summed E-state index contributed by atoms with van der Waals surface area (Å²) in [5.41, 5.74) is -0.0126. The molecule has 0 fully saturated rings. The highest BCUT2D eigenvalue weighted by atomic mass is 79.9. The summed E-state index contributed by atoms with van der Waals surface area (Å²) in [6, 6.07) is 3.95. The van der Waals surface area contributed by atoms with E-state index in [1.165, 1.54) is 32.3 Å². The predicted octanol–water partition coefficient (Wildman–Crippen LogP) is 0.488. The summed E-state index contributed by atoms with van der Waals surface area (Å²) in [6.45, 7) is -0.980. The van der Waals surface area contributed by atoms with Crippen LogP contribution in [0.5, 0.6) is 0 Å². The van der Waals surface area contributed by atoms with Gasteiger partial charge in [-0.1, -0.05) is 0 Å². The second-order valence-corrected chi connectivity index (χ2v) is 8.22. The monoisotopic (exact) mass is 450 g/mol. The number of methoxy groups -OCH3 is 2. The molecule has 0 aliphatic carbocycles. The van der Waals surface area contributed by atoms with E-state index in [1.54, 1.807) is 0 Å². The minimum atomic E-state index is -3.81. The SMILES string of the molecule is COC(=O)CN(CC(=O)OC)C(=O)c1ccc(Br)c(S(=O)(=O)N(C)C)c1. The van der Waals surface area contributed by atoms with Gasteiger partial charge in [-0.05, 0) is 34.1 Å². The molecule has 1 amide bonds. The van der Waals surface area contributed by atoms with Crippen LogP contribution in [0.25, 0.3) is 0 Å². The summed E-state index contributed by atoms with van der Waals surface area (Å²) >= 11 is 3.14. The minimum absolute atomic E-state index is 0.0126. The first-order chi connectivity index (χ1) is 12.0. The van der Waals surface area contributed by atoms with Crippen LogP contribution in [0.1, 0.15) is 10.4 Å². The Bertz CT molecular complexity index is 790. The third-order valence-electron chi connectivity index (χ3n) is 3.32. The molecule has 0 atom stereocenters. The summed E-state index contributed by atoms with van der Waals surface area (Å²) < 4.78 is 35.0. The number of hydrogen-bond donors (Lipinski definition) is 0. The second-order valence-electron chi connectivity index (χ2n) is 5.25. The molecule has 0 aromatic heterocycles. The molecular weight excluding hydrogens is 432 g/mol. The largest absolute Gasteiger partial charge is 0.468 e. The summed E-state index contributed by atoms with van der Waals surface area (Å²) in [5, 5.41) is 0. The van der Waals surface area contributed by atoms with Gasteiger partial charge in [0.15, 0.2) is 0 Å². The zero-order valence-electron chi connectivity index (χ0n) is 14.7. The van der Waals surface area contributed by atoms with Crippen LogP contribution in [-0.4, -0.2) is 76.9 Å². The quantitative estimate of drug-likeness (QED) is 0.555. The van der Waals surface area contributed by atoms with Gasteiger partial charge in [0.25, 0.3) is 5.91 Å². The first kappa shape index (κ1) is 22.1. The highest BCUT2D eigenvalue weighted by Gasteiger charge is 2.26. The molecule has 26 heavy (non-hydrogen) atoms. The maximum Gasteiger partial charge on any atom is 0.325 e. The Balaban J connectivity index is 3.31. The fourth-order valence-corrected chi connectivity index (χ4v) is 3.70. The van der Waals surface area contributed by atoms with Crippen LogP contribution in [0, 0.1) is 0 Å². The lowest BCUT2D eigenvalue weighted by molar-refractivity contribution is -0.144. The fourth-order valence-electron chi connectivity index (χ4n) is 1.85. The van der Waals surface area contributed by atoms with Crippen molar-refractivity contribution in [1.29, 1.82) is 0 Å². The Morgan fingerprint density at radius 3 is 1.96 bits per heavy atom. The van der Waals surface area contributed by atoms with Crippen LogP contribution >= 0.6 is 15.9 Å². The number of rotatable bonds is 7. The highest BCUT2D eigenvalue weighted by Crippen LogP contribution is 2.25. The summed E-state index contributed by atoms with van der Waals surface area (Å²) in [5.74, 6) is -2.19. The molecule has 9 nitrogen and oxygen atoms in total. The molecule has 0 aliphatic heterocycles. The molecule has 0 saturated carbocycles. The third kappa shape index (κ3) is 5.26. The van der Waals surface area contributed by atoms with Gasteiger partial charge < -0.3 is 14.4 Å². The van der Waals surface area contributed by atoms with E-state index in [4.69, 9.17) is 0 Å². The summed E-state index contributed by atoms with van der Waals surface area (Å²) in [7, 11) is 1.19. The molecule has 0 N–H and O–H groups in total. The molecule has 0 heterocycles. The fraction of sp³-hybridized carbons (Fsp3) is 0.400. The average Bonchev–Trinajstić information content (AvgIpc) is 2.60. The van der Waals surface area contributed by atoms with Crippen LogP contribution < -0.4 is 0 Å². The van der Waals surface area contributed by atoms with Crippen molar-refractivity contribution < 1.29 is 32.3 Å². The molecule has 11 heteroatoms. The van der Waals surface area contributed by atoms with E-state index < -0.39 is 41.0 Å². The van der Waals surface area contributed by atoms with Crippen LogP contribution in [0.2, 0.25) is 0 Å². The topological polar surface area (TPSA) is 110 Å². The molecule has 1 aromatic rings. The molecule has 0 radical (unpaired) electrons. The Labute approximate surface area is 160 Å². The minimum Gasteiger partial charge on any atom is -0.468 e. The van der Waals surface area contributed by atoms with Crippen molar-refractivity contribution in [2.75, 3.05) is 41.4 Å². The Hall–Kier alpha value is -1.98. The maximum atomic E-state index is 12.7. The predicted molar refractivity (Wildman–Crippen MR) is 95.0 cm³/mol. The van der Waals surface area contributed by atoms with Crippen molar-refractivity contribution in [3.8, 4) is 0 Å². The number of carbonyl (C=O) groups excluding carboxylic acids is 3. The Morgan fingerprint density at radius 2 is 1.54 bits per heavy atom. The second kappa shape index (κ2) is 9.10. The van der Waals surface area contributed by atoms with Gasteiger partial charge >= 0.3 is 11.9 Å². The third-order valence-corrected chi connectivity index (χ3v) is 6.13. The molecule has 0 aliphatic rings. The number of amides is 1. The van der Waals surface area contributed by atoms with E-state index in [1.807, 2.05) is 0 Å². The molecule has 1 rings (SSSR count). The smallest absolute Gasteiger partial charge is 0.325 e. The number of sulfonamides is 1. The number of esters is 2. The van der Waals surface area contributed by atoms with E-state index in [9.17, 15) is 22.8 Å². The number of ether oxygens (including phenoxy) is 2. The van der Waals surface area contributed by atoms with E-state index in [0.717, 1.165) is 23.4 Å². The number of carbonyl (C=O) groups is 3. The molecule has 0 spiro atoms. The van der Waals surface area contributed by atoms with E-state index in [0.29, 0.717) is 0 Å².